The van der Waals surface area contributed by atoms with E-state index in [0.717, 1.165) is 24.0 Å². The summed E-state index contributed by atoms with van der Waals surface area (Å²) in [5.41, 5.74) is 2.79. The maximum absolute atomic E-state index is 13.2. The Hall–Kier alpha value is -2.73. The lowest BCUT2D eigenvalue weighted by molar-refractivity contribution is 0.535. The van der Waals surface area contributed by atoms with Crippen molar-refractivity contribution >= 4 is 9.84 Å². The molecule has 0 saturated heterocycles. The number of hydrogen-bond donors (Lipinski definition) is 0. The summed E-state index contributed by atoms with van der Waals surface area (Å²) in [6.07, 6.45) is 5.17. The second-order valence-electron chi connectivity index (χ2n) is 7.03. The van der Waals surface area contributed by atoms with Crippen LogP contribution in [0, 0.1) is 5.92 Å². The van der Waals surface area contributed by atoms with E-state index in [-0.39, 0.29) is 10.5 Å². The molecule has 0 atom stereocenters. The molecule has 0 bridgehead atoms. The third-order valence-electron chi connectivity index (χ3n) is 4.83. The summed E-state index contributed by atoms with van der Waals surface area (Å²) in [6, 6.07) is 16.1. The fourth-order valence-corrected chi connectivity index (χ4v) is 3.78. The van der Waals surface area contributed by atoms with Gasteiger partial charge >= 0.3 is 0 Å². The topological polar surface area (TPSA) is 69.0 Å². The highest BCUT2D eigenvalue weighted by molar-refractivity contribution is 7.90. The molecule has 1 aromatic heterocycles. The molecule has 138 valence electrons. The Kier molecular flexibility index (Phi) is 4.44. The van der Waals surface area contributed by atoms with E-state index in [9.17, 15) is 13.2 Å². The van der Waals surface area contributed by atoms with E-state index in [1.165, 1.54) is 6.26 Å². The van der Waals surface area contributed by atoms with E-state index in [2.05, 4.69) is 5.10 Å². The van der Waals surface area contributed by atoms with Crippen molar-refractivity contribution in [2.45, 2.75) is 24.3 Å². The number of aromatic nitrogens is 2. The Bertz CT molecular complexity index is 1130. The summed E-state index contributed by atoms with van der Waals surface area (Å²) in [4.78, 5) is 13.4. The molecular weight excluding hydrogens is 360 g/mol. The zero-order valence-electron chi connectivity index (χ0n) is 15.0. The quantitative estimate of drug-likeness (QED) is 0.680. The fourth-order valence-electron chi connectivity index (χ4n) is 3.15. The van der Waals surface area contributed by atoms with Crippen LogP contribution in [0.25, 0.3) is 22.3 Å². The number of hydrogen-bond acceptors (Lipinski definition) is 4. The van der Waals surface area contributed by atoms with E-state index in [1.54, 1.807) is 35.1 Å². The van der Waals surface area contributed by atoms with Crippen LogP contribution in [0.2, 0.25) is 0 Å². The molecule has 1 aliphatic rings. The van der Waals surface area contributed by atoms with Crippen molar-refractivity contribution in [1.29, 1.82) is 0 Å². The molecule has 6 heteroatoms. The standard InChI is InChI=1S/C21H20N2O3S/c1-27(25,26)18-11-9-16(10-12-18)19-13-22-23(14-15-7-8-15)21(24)20(19)17-5-3-2-4-6-17/h2-6,9-13,15H,7-8,14H2,1H3. The van der Waals surface area contributed by atoms with Crippen molar-refractivity contribution < 1.29 is 8.42 Å². The monoisotopic (exact) mass is 380 g/mol. The van der Waals surface area contributed by atoms with Gasteiger partial charge in [-0.1, -0.05) is 42.5 Å². The predicted molar refractivity (Wildman–Crippen MR) is 105 cm³/mol. The number of rotatable bonds is 5. The van der Waals surface area contributed by atoms with Crippen LogP contribution in [0.1, 0.15) is 12.8 Å². The van der Waals surface area contributed by atoms with Crippen LogP contribution in [-0.4, -0.2) is 24.5 Å². The van der Waals surface area contributed by atoms with Crippen molar-refractivity contribution in [3.05, 3.63) is 71.1 Å². The summed E-state index contributed by atoms with van der Waals surface area (Å²) < 4.78 is 25.0. The zero-order chi connectivity index (χ0) is 19.0. The second-order valence-corrected chi connectivity index (χ2v) is 9.04. The highest BCUT2D eigenvalue weighted by atomic mass is 32.2. The van der Waals surface area contributed by atoms with Gasteiger partial charge in [0.15, 0.2) is 9.84 Å². The molecule has 0 unspecified atom stereocenters. The third-order valence-corrected chi connectivity index (χ3v) is 5.96. The van der Waals surface area contributed by atoms with Crippen molar-refractivity contribution in [3.8, 4) is 22.3 Å². The molecule has 0 spiro atoms. The highest BCUT2D eigenvalue weighted by Crippen LogP contribution is 2.32. The van der Waals surface area contributed by atoms with Crippen molar-refractivity contribution in [2.24, 2.45) is 5.92 Å². The largest absolute Gasteiger partial charge is 0.275 e. The molecule has 0 amide bonds. The van der Waals surface area contributed by atoms with Crippen LogP contribution >= 0.6 is 0 Å². The van der Waals surface area contributed by atoms with Crippen LogP contribution < -0.4 is 5.56 Å². The normalized spacial score (nSPS) is 14.3. The lowest BCUT2D eigenvalue weighted by Gasteiger charge is -2.13. The molecule has 1 heterocycles. The molecule has 5 nitrogen and oxygen atoms in total. The van der Waals surface area contributed by atoms with Crippen LogP contribution in [0.15, 0.2) is 70.5 Å². The first kappa shape index (κ1) is 17.7. The molecule has 2 aromatic carbocycles. The molecule has 27 heavy (non-hydrogen) atoms. The molecule has 1 aliphatic carbocycles. The lowest BCUT2D eigenvalue weighted by Crippen LogP contribution is -2.25. The minimum atomic E-state index is -3.27. The van der Waals surface area contributed by atoms with Gasteiger partial charge in [-0.05, 0) is 42.0 Å². The summed E-state index contributed by atoms with van der Waals surface area (Å²) >= 11 is 0. The summed E-state index contributed by atoms with van der Waals surface area (Å²) in [5, 5.41) is 4.38. The minimum absolute atomic E-state index is 0.113. The fraction of sp³-hybridized carbons (Fsp3) is 0.238. The van der Waals surface area contributed by atoms with Gasteiger partial charge in [0, 0.05) is 18.4 Å². The van der Waals surface area contributed by atoms with Crippen LogP contribution in [0.3, 0.4) is 0 Å². The first-order valence-electron chi connectivity index (χ1n) is 8.89. The average molecular weight is 380 g/mol. The van der Waals surface area contributed by atoms with Crippen molar-refractivity contribution in [3.63, 3.8) is 0 Å². The van der Waals surface area contributed by atoms with Gasteiger partial charge in [-0.15, -0.1) is 0 Å². The van der Waals surface area contributed by atoms with Crippen molar-refractivity contribution in [1.82, 2.24) is 9.78 Å². The molecule has 4 rings (SSSR count). The SMILES string of the molecule is CS(=O)(=O)c1ccc(-c2cnn(CC3CC3)c(=O)c2-c2ccccc2)cc1. The van der Waals surface area contributed by atoms with Crippen LogP contribution in [0.5, 0.6) is 0 Å². The van der Waals surface area contributed by atoms with Gasteiger partial charge in [0.1, 0.15) is 0 Å². The van der Waals surface area contributed by atoms with Crippen molar-refractivity contribution in [2.75, 3.05) is 6.26 Å². The van der Waals surface area contributed by atoms with E-state index >= 15 is 0 Å². The average Bonchev–Trinajstić information content (AvgIpc) is 3.47. The number of benzene rings is 2. The Labute approximate surface area is 158 Å². The first-order valence-corrected chi connectivity index (χ1v) is 10.8. The van der Waals surface area contributed by atoms with Gasteiger partial charge in [0.2, 0.25) is 0 Å². The van der Waals surface area contributed by atoms with Gasteiger partial charge < -0.3 is 0 Å². The van der Waals surface area contributed by atoms with Gasteiger partial charge in [0.05, 0.1) is 16.7 Å². The summed E-state index contributed by atoms with van der Waals surface area (Å²) in [5.74, 6) is 0.540. The van der Waals surface area contributed by atoms with E-state index in [0.29, 0.717) is 23.6 Å². The van der Waals surface area contributed by atoms with Gasteiger partial charge in [-0.2, -0.15) is 5.10 Å². The maximum atomic E-state index is 13.2. The van der Waals surface area contributed by atoms with Crippen LogP contribution in [-0.2, 0) is 16.4 Å². The molecule has 3 aromatic rings. The Balaban J connectivity index is 1.87. The number of nitrogens with zero attached hydrogens (tertiary/aromatic N) is 2. The first-order chi connectivity index (χ1) is 12.9. The molecule has 1 fully saturated rings. The Morgan fingerprint density at radius 2 is 1.67 bits per heavy atom. The smallest absolute Gasteiger partial charge is 0.267 e. The van der Waals surface area contributed by atoms with Gasteiger partial charge in [-0.3, -0.25) is 4.79 Å². The molecule has 1 saturated carbocycles. The summed E-state index contributed by atoms with van der Waals surface area (Å²) in [6.45, 7) is 0.645. The van der Waals surface area contributed by atoms with E-state index in [1.807, 2.05) is 30.3 Å². The Morgan fingerprint density at radius 3 is 2.26 bits per heavy atom. The van der Waals surface area contributed by atoms with E-state index in [4.69, 9.17) is 0 Å². The second kappa shape index (κ2) is 6.78. The Morgan fingerprint density at radius 1 is 1.00 bits per heavy atom. The lowest BCUT2D eigenvalue weighted by atomic mass is 9.97. The molecule has 0 N–H and O–H groups in total. The molecule has 0 radical (unpaired) electrons. The molecular formula is C21H20N2O3S. The van der Waals surface area contributed by atoms with Crippen LogP contribution in [0.4, 0.5) is 0 Å². The van der Waals surface area contributed by atoms with E-state index < -0.39 is 9.84 Å². The van der Waals surface area contributed by atoms with Gasteiger partial charge in [-0.25, -0.2) is 13.1 Å². The zero-order valence-corrected chi connectivity index (χ0v) is 15.8. The maximum Gasteiger partial charge on any atom is 0.275 e. The third kappa shape index (κ3) is 3.71. The van der Waals surface area contributed by atoms with Gasteiger partial charge in [0.25, 0.3) is 5.56 Å². The minimum Gasteiger partial charge on any atom is -0.267 e. The summed E-state index contributed by atoms with van der Waals surface area (Å²) in [7, 11) is -3.27. The predicted octanol–water partition coefficient (Wildman–Crippen LogP) is 3.39. The molecule has 0 aliphatic heterocycles. The highest BCUT2D eigenvalue weighted by Gasteiger charge is 2.24. The number of sulfone groups is 1.